The van der Waals surface area contributed by atoms with Gasteiger partial charge in [0.15, 0.2) is 0 Å². The number of aromatic nitrogens is 2. The van der Waals surface area contributed by atoms with Crippen molar-refractivity contribution in [3.63, 3.8) is 0 Å². The van der Waals surface area contributed by atoms with E-state index in [9.17, 15) is 14.7 Å². The van der Waals surface area contributed by atoms with Crippen molar-refractivity contribution in [3.8, 4) is 16.9 Å². The van der Waals surface area contributed by atoms with Crippen LogP contribution in [0.2, 0.25) is 0 Å². The van der Waals surface area contributed by atoms with Crippen LogP contribution in [-0.2, 0) is 11.3 Å². The van der Waals surface area contributed by atoms with Crippen LogP contribution in [0.3, 0.4) is 0 Å². The molecule has 5 rings (SSSR count). The van der Waals surface area contributed by atoms with Gasteiger partial charge in [-0.2, -0.15) is 0 Å². The molecule has 0 aliphatic carbocycles. The molecule has 8 heteroatoms. The van der Waals surface area contributed by atoms with E-state index in [1.54, 1.807) is 24.7 Å². The predicted octanol–water partition coefficient (Wildman–Crippen LogP) is 3.93. The normalized spacial score (nSPS) is 13.6. The molecular formula is C27H24N4O3Se. The third kappa shape index (κ3) is 4.99. The van der Waals surface area contributed by atoms with Gasteiger partial charge in [0.2, 0.25) is 0 Å². The summed E-state index contributed by atoms with van der Waals surface area (Å²) in [7, 11) is 0. The average molecular weight is 531 g/mol. The molecule has 4 aromatic rings. The van der Waals surface area contributed by atoms with Crippen molar-refractivity contribution in [1.82, 2.24) is 14.9 Å². The standard InChI is InChI=1S/C27H24N4O3Se/c1-17-23(26(33)29-9-2-11-31-12-10-28-16-31)14-21(35-17)15-24-22-8-5-19(13-25(22)30-27(24)34)18-3-6-20(32)7-4-18/h3-8,10,12-16,32H,2,9,11H2,1H3,(H,29,33)(H,30,34)/b24-15-. The molecule has 0 saturated carbocycles. The second kappa shape index (κ2) is 9.78. The fourth-order valence-electron chi connectivity index (χ4n) is 4.09. The summed E-state index contributed by atoms with van der Waals surface area (Å²) in [5.74, 6) is -0.000543. The summed E-state index contributed by atoms with van der Waals surface area (Å²) in [6.45, 7) is 3.37. The molecule has 0 radical (unpaired) electrons. The number of carbonyl (C=O) groups is 2. The topological polar surface area (TPSA) is 96.3 Å². The Morgan fingerprint density at radius 2 is 1.97 bits per heavy atom. The van der Waals surface area contributed by atoms with Crippen molar-refractivity contribution in [2.45, 2.75) is 19.9 Å². The molecule has 1 aliphatic heterocycles. The van der Waals surface area contributed by atoms with E-state index in [1.165, 1.54) is 0 Å². The number of anilines is 1. The second-order valence-corrected chi connectivity index (χ2v) is 11.1. The average Bonchev–Trinajstić information content (AvgIpc) is 3.57. The van der Waals surface area contributed by atoms with Crippen LogP contribution in [0.5, 0.6) is 5.75 Å². The Morgan fingerprint density at radius 1 is 1.17 bits per heavy atom. The van der Waals surface area contributed by atoms with E-state index in [2.05, 4.69) is 15.6 Å². The third-order valence-electron chi connectivity index (χ3n) is 5.91. The van der Waals surface area contributed by atoms with E-state index in [0.717, 1.165) is 44.2 Å². The van der Waals surface area contributed by atoms with Crippen molar-refractivity contribution in [2.24, 2.45) is 0 Å². The zero-order chi connectivity index (χ0) is 24.4. The zero-order valence-electron chi connectivity index (χ0n) is 19.1. The molecule has 2 aromatic heterocycles. The number of phenolic OH excluding ortho intramolecular Hbond substituents is 1. The van der Waals surface area contributed by atoms with Crippen LogP contribution >= 0.6 is 0 Å². The van der Waals surface area contributed by atoms with E-state index < -0.39 is 0 Å². The number of rotatable bonds is 7. The van der Waals surface area contributed by atoms with Crippen LogP contribution in [0.1, 0.15) is 31.2 Å². The third-order valence-corrected chi connectivity index (χ3v) is 8.00. The van der Waals surface area contributed by atoms with Crippen molar-refractivity contribution in [2.75, 3.05) is 11.9 Å². The first-order valence-electron chi connectivity index (χ1n) is 11.3. The van der Waals surface area contributed by atoms with Crippen molar-refractivity contribution >= 4 is 43.7 Å². The quantitative estimate of drug-likeness (QED) is 0.191. The number of aryl methyl sites for hydroxylation is 2. The number of hydrogen-bond donors (Lipinski definition) is 3. The minimum atomic E-state index is -0.144. The minimum absolute atomic E-state index is 0.00843. The first-order valence-corrected chi connectivity index (χ1v) is 13.0. The number of phenols is 1. The van der Waals surface area contributed by atoms with Gasteiger partial charge in [0.05, 0.1) is 0 Å². The van der Waals surface area contributed by atoms with Gasteiger partial charge in [0.1, 0.15) is 0 Å². The number of benzene rings is 2. The van der Waals surface area contributed by atoms with Crippen LogP contribution in [-0.4, -0.2) is 47.5 Å². The fraction of sp³-hybridized carbons (Fsp3) is 0.148. The molecule has 0 saturated heterocycles. The SMILES string of the molecule is Cc1[se]c(/C=C2\C(=O)Nc3cc(-c4ccc(O)cc4)ccc32)cc1C(=O)NCCCn1ccnc1. The fourth-order valence-corrected chi connectivity index (χ4v) is 6.13. The molecule has 0 bridgehead atoms. The van der Waals surface area contributed by atoms with E-state index >= 15 is 0 Å². The van der Waals surface area contributed by atoms with Gasteiger partial charge in [-0.15, -0.1) is 0 Å². The Kier molecular flexibility index (Phi) is 6.40. The van der Waals surface area contributed by atoms with E-state index in [0.29, 0.717) is 17.7 Å². The van der Waals surface area contributed by atoms with Gasteiger partial charge in [-0.3, -0.25) is 0 Å². The van der Waals surface area contributed by atoms with Crippen LogP contribution in [0.4, 0.5) is 5.69 Å². The number of imidazole rings is 1. The number of nitrogens with zero attached hydrogens (tertiary/aromatic N) is 2. The zero-order valence-corrected chi connectivity index (χ0v) is 20.8. The molecule has 7 nitrogen and oxygen atoms in total. The molecule has 1 aliphatic rings. The number of aromatic hydroxyl groups is 1. The summed E-state index contributed by atoms with van der Waals surface area (Å²) in [5, 5.41) is 15.5. The number of fused-ring (bicyclic) bond motifs is 1. The first-order chi connectivity index (χ1) is 17.0. The van der Waals surface area contributed by atoms with Gasteiger partial charge in [0, 0.05) is 0 Å². The molecule has 2 aromatic carbocycles. The van der Waals surface area contributed by atoms with Gasteiger partial charge in [-0.25, -0.2) is 0 Å². The summed E-state index contributed by atoms with van der Waals surface area (Å²) in [6.07, 6.45) is 8.14. The van der Waals surface area contributed by atoms with Crippen molar-refractivity contribution in [1.29, 1.82) is 0 Å². The summed E-state index contributed by atoms with van der Waals surface area (Å²) < 4.78 is 4.04. The molecule has 176 valence electrons. The monoisotopic (exact) mass is 532 g/mol. The molecule has 0 atom stereocenters. The van der Waals surface area contributed by atoms with E-state index in [1.807, 2.05) is 60.2 Å². The Morgan fingerprint density at radius 3 is 2.74 bits per heavy atom. The maximum absolute atomic E-state index is 12.7. The number of carbonyl (C=O) groups excluding carboxylic acids is 2. The van der Waals surface area contributed by atoms with Crippen molar-refractivity contribution < 1.29 is 14.7 Å². The summed E-state index contributed by atoms with van der Waals surface area (Å²) >= 11 is -0.00843. The Labute approximate surface area is 208 Å². The van der Waals surface area contributed by atoms with Crippen LogP contribution < -0.4 is 10.6 Å². The molecule has 35 heavy (non-hydrogen) atoms. The number of nitrogens with one attached hydrogen (secondary N) is 2. The predicted molar refractivity (Wildman–Crippen MR) is 137 cm³/mol. The Balaban J connectivity index is 1.30. The summed E-state index contributed by atoms with van der Waals surface area (Å²) in [4.78, 5) is 29.5. The van der Waals surface area contributed by atoms with Gasteiger partial charge in [-0.1, -0.05) is 0 Å². The molecular weight excluding hydrogens is 507 g/mol. The maximum atomic E-state index is 12.7. The molecule has 2 amide bonds. The van der Waals surface area contributed by atoms with Gasteiger partial charge in [-0.05, 0) is 0 Å². The Hall–Kier alpha value is -3.87. The second-order valence-electron chi connectivity index (χ2n) is 8.35. The van der Waals surface area contributed by atoms with Crippen LogP contribution in [0.25, 0.3) is 22.8 Å². The summed E-state index contributed by atoms with van der Waals surface area (Å²) in [5.41, 5.74) is 4.84. The van der Waals surface area contributed by atoms with E-state index in [-0.39, 0.29) is 32.1 Å². The molecule has 3 N–H and O–H groups in total. The molecule has 0 unspecified atom stereocenters. The molecule has 3 heterocycles. The molecule has 0 fully saturated rings. The van der Waals surface area contributed by atoms with Gasteiger partial charge in [0.25, 0.3) is 0 Å². The number of amides is 2. The van der Waals surface area contributed by atoms with Crippen LogP contribution in [0, 0.1) is 6.92 Å². The Bertz CT molecular complexity index is 1420. The summed E-state index contributed by atoms with van der Waals surface area (Å²) in [6, 6.07) is 14.7. The first kappa shape index (κ1) is 22.9. The van der Waals surface area contributed by atoms with E-state index in [4.69, 9.17) is 0 Å². The molecule has 0 spiro atoms. The van der Waals surface area contributed by atoms with Gasteiger partial charge >= 0.3 is 209 Å². The van der Waals surface area contributed by atoms with Gasteiger partial charge < -0.3 is 0 Å². The number of hydrogen-bond acceptors (Lipinski definition) is 4. The van der Waals surface area contributed by atoms with Crippen LogP contribution in [0.15, 0.2) is 67.3 Å². The van der Waals surface area contributed by atoms with Crippen molar-refractivity contribution in [3.05, 3.63) is 87.3 Å².